The number of ether oxygens (including phenoxy) is 2. The summed E-state index contributed by atoms with van der Waals surface area (Å²) in [4.78, 5) is 24.3. The Kier molecular flexibility index (Phi) is 6.82. The third-order valence-corrected chi connectivity index (χ3v) is 3.90. The predicted octanol–water partition coefficient (Wildman–Crippen LogP) is 4.34. The lowest BCUT2D eigenvalue weighted by molar-refractivity contribution is -0.123. The van der Waals surface area contributed by atoms with Crippen molar-refractivity contribution < 1.29 is 19.1 Å². The van der Waals surface area contributed by atoms with E-state index in [0.717, 1.165) is 5.56 Å². The largest absolute Gasteiger partial charge is 0.493 e. The van der Waals surface area contributed by atoms with Crippen molar-refractivity contribution in [2.24, 2.45) is 5.41 Å². The number of carbonyl (C=O) groups excluding carboxylic acids is 2. The van der Waals surface area contributed by atoms with Crippen LogP contribution in [0.5, 0.6) is 11.5 Å². The van der Waals surface area contributed by atoms with E-state index in [4.69, 9.17) is 9.47 Å². The van der Waals surface area contributed by atoms with Gasteiger partial charge in [0.25, 0.3) is 0 Å². The molecule has 2 aromatic carbocycles. The lowest BCUT2D eigenvalue weighted by atomic mass is 9.95. The highest BCUT2D eigenvalue weighted by atomic mass is 16.5. The maximum absolute atomic E-state index is 12.2. The molecule has 0 fully saturated rings. The van der Waals surface area contributed by atoms with E-state index in [-0.39, 0.29) is 11.8 Å². The second kappa shape index (κ2) is 9.08. The van der Waals surface area contributed by atoms with Crippen molar-refractivity contribution in [2.75, 3.05) is 24.9 Å². The molecule has 0 radical (unpaired) electrons. The molecule has 0 aliphatic carbocycles. The lowest BCUT2D eigenvalue weighted by Crippen LogP contribution is -2.27. The monoisotopic (exact) mass is 382 g/mol. The van der Waals surface area contributed by atoms with Crippen LogP contribution in [-0.2, 0) is 9.59 Å². The molecule has 148 valence electrons. The van der Waals surface area contributed by atoms with Crippen molar-refractivity contribution in [3.05, 3.63) is 54.1 Å². The van der Waals surface area contributed by atoms with Gasteiger partial charge in [0.15, 0.2) is 11.5 Å². The van der Waals surface area contributed by atoms with Crippen LogP contribution in [0.1, 0.15) is 26.3 Å². The third-order valence-electron chi connectivity index (χ3n) is 3.90. The van der Waals surface area contributed by atoms with E-state index in [2.05, 4.69) is 10.6 Å². The average Bonchev–Trinajstić information content (AvgIpc) is 2.65. The Morgan fingerprint density at radius 2 is 1.54 bits per heavy atom. The molecule has 2 aromatic rings. The Morgan fingerprint density at radius 1 is 0.893 bits per heavy atom. The summed E-state index contributed by atoms with van der Waals surface area (Å²) in [5.41, 5.74) is 1.52. The van der Waals surface area contributed by atoms with Crippen LogP contribution in [0.25, 0.3) is 6.08 Å². The first-order chi connectivity index (χ1) is 13.2. The molecule has 0 aliphatic heterocycles. The van der Waals surface area contributed by atoms with Gasteiger partial charge in [0, 0.05) is 22.9 Å². The van der Waals surface area contributed by atoms with E-state index in [0.29, 0.717) is 22.9 Å². The molecule has 0 aliphatic rings. The highest BCUT2D eigenvalue weighted by Crippen LogP contribution is 2.28. The molecule has 6 nitrogen and oxygen atoms in total. The molecule has 0 saturated heterocycles. The van der Waals surface area contributed by atoms with Crippen LogP contribution in [0.4, 0.5) is 11.4 Å². The molecule has 0 heterocycles. The van der Waals surface area contributed by atoms with Crippen LogP contribution >= 0.6 is 0 Å². The number of carbonyl (C=O) groups is 2. The average molecular weight is 382 g/mol. The summed E-state index contributed by atoms with van der Waals surface area (Å²) in [6, 6.07) is 12.4. The Hall–Kier alpha value is -3.28. The standard InChI is InChI=1S/C22H26N2O4/c1-22(2,3)21(26)24-17-8-6-7-16(14-17)23-20(25)12-10-15-9-11-18(27-4)19(13-15)28-5/h6-14H,1-5H3,(H,23,25)(H,24,26)/b12-10+. The van der Waals surface area contributed by atoms with Gasteiger partial charge in [-0.15, -0.1) is 0 Å². The van der Waals surface area contributed by atoms with E-state index in [1.54, 1.807) is 56.7 Å². The summed E-state index contributed by atoms with van der Waals surface area (Å²) in [5, 5.41) is 5.63. The summed E-state index contributed by atoms with van der Waals surface area (Å²) in [7, 11) is 3.13. The van der Waals surface area contributed by atoms with E-state index >= 15 is 0 Å². The van der Waals surface area contributed by atoms with Gasteiger partial charge in [0.05, 0.1) is 14.2 Å². The van der Waals surface area contributed by atoms with Crippen molar-refractivity contribution in [3.63, 3.8) is 0 Å². The SMILES string of the molecule is COc1ccc(/C=C/C(=O)Nc2cccc(NC(=O)C(C)(C)C)c2)cc1OC. The van der Waals surface area contributed by atoms with E-state index in [1.165, 1.54) is 6.08 Å². The molecule has 0 saturated carbocycles. The lowest BCUT2D eigenvalue weighted by Gasteiger charge is -2.18. The number of amides is 2. The first-order valence-electron chi connectivity index (χ1n) is 8.85. The van der Waals surface area contributed by atoms with Gasteiger partial charge in [-0.05, 0) is 42.0 Å². The molecule has 2 amide bonds. The number of hydrogen-bond donors (Lipinski definition) is 2. The second-order valence-electron chi connectivity index (χ2n) is 7.22. The van der Waals surface area contributed by atoms with Gasteiger partial charge < -0.3 is 20.1 Å². The Labute approximate surface area is 165 Å². The van der Waals surface area contributed by atoms with Crippen molar-refractivity contribution >= 4 is 29.3 Å². The molecule has 0 spiro atoms. The van der Waals surface area contributed by atoms with E-state index in [9.17, 15) is 9.59 Å². The maximum Gasteiger partial charge on any atom is 0.248 e. The van der Waals surface area contributed by atoms with Gasteiger partial charge in [-0.2, -0.15) is 0 Å². The molecule has 0 unspecified atom stereocenters. The Morgan fingerprint density at radius 3 is 2.14 bits per heavy atom. The number of rotatable bonds is 6. The fourth-order valence-electron chi connectivity index (χ4n) is 2.31. The van der Waals surface area contributed by atoms with Gasteiger partial charge in [-0.3, -0.25) is 9.59 Å². The summed E-state index contributed by atoms with van der Waals surface area (Å²) in [5.74, 6) is 0.837. The molecule has 2 N–H and O–H groups in total. The van der Waals surface area contributed by atoms with Gasteiger partial charge in [-0.25, -0.2) is 0 Å². The predicted molar refractivity (Wildman–Crippen MR) is 112 cm³/mol. The van der Waals surface area contributed by atoms with E-state index < -0.39 is 5.41 Å². The van der Waals surface area contributed by atoms with E-state index in [1.807, 2.05) is 26.8 Å². The molecular formula is C22H26N2O4. The minimum absolute atomic E-state index is 0.0932. The van der Waals surface area contributed by atoms with Gasteiger partial charge in [0.2, 0.25) is 11.8 Å². The van der Waals surface area contributed by atoms with Crippen LogP contribution in [0.15, 0.2) is 48.5 Å². The topological polar surface area (TPSA) is 76.7 Å². The number of anilines is 2. The Balaban J connectivity index is 2.04. The summed E-state index contributed by atoms with van der Waals surface area (Å²) >= 11 is 0. The fourth-order valence-corrected chi connectivity index (χ4v) is 2.31. The quantitative estimate of drug-likeness (QED) is 0.729. The summed E-state index contributed by atoms with van der Waals surface area (Å²) in [6.07, 6.45) is 3.12. The molecule has 6 heteroatoms. The molecular weight excluding hydrogens is 356 g/mol. The zero-order valence-corrected chi connectivity index (χ0v) is 16.8. The molecule has 0 aromatic heterocycles. The van der Waals surface area contributed by atoms with Crippen molar-refractivity contribution in [1.82, 2.24) is 0 Å². The van der Waals surface area contributed by atoms with Gasteiger partial charge in [-0.1, -0.05) is 32.9 Å². The van der Waals surface area contributed by atoms with Crippen molar-refractivity contribution in [3.8, 4) is 11.5 Å². The van der Waals surface area contributed by atoms with Gasteiger partial charge >= 0.3 is 0 Å². The number of benzene rings is 2. The smallest absolute Gasteiger partial charge is 0.248 e. The normalized spacial score (nSPS) is 11.2. The van der Waals surface area contributed by atoms with Crippen LogP contribution in [0.2, 0.25) is 0 Å². The first kappa shape index (κ1) is 21.0. The highest BCUT2D eigenvalue weighted by Gasteiger charge is 2.21. The van der Waals surface area contributed by atoms with Crippen molar-refractivity contribution in [2.45, 2.75) is 20.8 Å². The number of methoxy groups -OCH3 is 2. The first-order valence-corrected chi connectivity index (χ1v) is 8.85. The highest BCUT2D eigenvalue weighted by molar-refractivity contribution is 6.02. The Bertz CT molecular complexity index is 882. The third kappa shape index (κ3) is 5.87. The zero-order chi connectivity index (χ0) is 20.7. The summed E-state index contributed by atoms with van der Waals surface area (Å²) in [6.45, 7) is 5.52. The second-order valence-corrected chi connectivity index (χ2v) is 7.22. The van der Waals surface area contributed by atoms with Gasteiger partial charge in [0.1, 0.15) is 0 Å². The minimum atomic E-state index is -0.499. The van der Waals surface area contributed by atoms with Crippen molar-refractivity contribution in [1.29, 1.82) is 0 Å². The fraction of sp³-hybridized carbons (Fsp3) is 0.273. The maximum atomic E-state index is 12.2. The number of hydrogen-bond acceptors (Lipinski definition) is 4. The summed E-state index contributed by atoms with van der Waals surface area (Å²) < 4.78 is 10.5. The number of nitrogens with one attached hydrogen (secondary N) is 2. The zero-order valence-electron chi connectivity index (χ0n) is 16.8. The molecule has 0 bridgehead atoms. The molecule has 28 heavy (non-hydrogen) atoms. The minimum Gasteiger partial charge on any atom is -0.493 e. The van der Waals surface area contributed by atoms with Crippen LogP contribution in [-0.4, -0.2) is 26.0 Å². The molecule has 0 atom stereocenters. The van der Waals surface area contributed by atoms with Crippen LogP contribution in [0, 0.1) is 5.41 Å². The molecule has 2 rings (SSSR count). The van der Waals surface area contributed by atoms with Crippen LogP contribution in [0.3, 0.4) is 0 Å². The van der Waals surface area contributed by atoms with Crippen LogP contribution < -0.4 is 20.1 Å².